The van der Waals surface area contributed by atoms with Gasteiger partial charge in [-0.2, -0.15) is 0 Å². The van der Waals surface area contributed by atoms with E-state index in [-0.39, 0.29) is 80.4 Å². The van der Waals surface area contributed by atoms with Gasteiger partial charge in [-0.05, 0) is 103 Å². The van der Waals surface area contributed by atoms with Crippen molar-refractivity contribution in [2.45, 2.75) is 165 Å². The number of pyridine rings is 3. The molecule has 12 aliphatic heterocycles. The first kappa shape index (κ1) is 91.3. The molecule has 13 unspecified atom stereocenters. The van der Waals surface area contributed by atoms with Crippen LogP contribution in [0.3, 0.4) is 0 Å². The number of rotatable bonds is 16. The monoisotopic (exact) mass is 1880 g/mol. The predicted octanol–water partition coefficient (Wildman–Crippen LogP) is 6.66. The van der Waals surface area contributed by atoms with Crippen molar-refractivity contribution in [3.05, 3.63) is 116 Å². The summed E-state index contributed by atoms with van der Waals surface area (Å²) in [6.45, 7) is 13.8. The van der Waals surface area contributed by atoms with Crippen molar-refractivity contribution < 1.29 is 107 Å². The second-order valence-electron chi connectivity index (χ2n) is 28.4. The summed E-state index contributed by atoms with van der Waals surface area (Å²) in [5, 5.41) is 38.0. The number of halogens is 1. The second kappa shape index (κ2) is 37.6. The Morgan fingerprint density at radius 1 is 0.542 bits per heavy atom. The highest BCUT2D eigenvalue weighted by Gasteiger charge is 2.57. The van der Waals surface area contributed by atoms with Crippen LogP contribution in [0.4, 0.5) is 17.1 Å². The van der Waals surface area contributed by atoms with Crippen LogP contribution in [0.5, 0.6) is 0 Å². The number of anilines is 3. The van der Waals surface area contributed by atoms with Crippen LogP contribution >= 0.6 is 45.0 Å². The third-order valence-electron chi connectivity index (χ3n) is 21.0. The zero-order valence-electron chi connectivity index (χ0n) is 66.1. The van der Waals surface area contributed by atoms with E-state index in [0.29, 0.717) is 112 Å². The number of carbonyl (C=O) groups excluding carboxylic acids is 2. The molecule has 0 aliphatic carbocycles. The minimum atomic E-state index is -2.83. The van der Waals surface area contributed by atoms with Gasteiger partial charge in [0.25, 0.3) is 25.1 Å². The topological polar surface area (TPSA) is 468 Å². The third kappa shape index (κ3) is 18.5. The lowest BCUT2D eigenvalue weighted by Gasteiger charge is -2.39. The maximum atomic E-state index is 11.6. The Hall–Kier alpha value is -4.88. The Labute approximate surface area is 720 Å². The van der Waals surface area contributed by atoms with Crippen LogP contribution in [-0.2, 0) is 151 Å². The molecule has 12 aliphatic rings. The summed E-state index contributed by atoms with van der Waals surface area (Å²) in [5.74, 6) is 0.657. The van der Waals surface area contributed by atoms with Gasteiger partial charge in [0.2, 0.25) is 5.28 Å². The van der Waals surface area contributed by atoms with E-state index in [0.717, 1.165) is 13.1 Å². The first-order chi connectivity index (χ1) is 57.2. The molecule has 23 atom stereocenters. The minimum Gasteiger partial charge on any atom is -0.397 e. The number of aromatic nitrogens is 9. The van der Waals surface area contributed by atoms with Crippen molar-refractivity contribution in [3.63, 3.8) is 0 Å². The average molecular weight is 1880 g/mol. The van der Waals surface area contributed by atoms with Gasteiger partial charge in [-0.3, -0.25) is 27.8 Å². The van der Waals surface area contributed by atoms with Gasteiger partial charge in [-0.15, -0.1) is 6.58 Å². The van der Waals surface area contributed by atoms with Crippen molar-refractivity contribution in [2.24, 2.45) is 0 Å². The number of nitrogens with one attached hydrogen (secondary N) is 2. The Bertz CT molecular complexity index is 5200. The Morgan fingerprint density at radius 3 is 1.37 bits per heavy atom. The normalized spacial score (nSPS) is 36.2. The lowest BCUT2D eigenvalue weighted by Crippen LogP contribution is -2.42. The molecule has 0 aromatic carbocycles. The molecule has 0 bridgehead atoms. The van der Waals surface area contributed by atoms with Crippen molar-refractivity contribution >= 4 is 166 Å². The number of aliphatic hydroxyl groups excluding tert-OH is 3. The van der Waals surface area contributed by atoms with E-state index in [4.69, 9.17) is 170 Å². The van der Waals surface area contributed by atoms with Crippen LogP contribution in [0.1, 0.15) is 73.1 Å². The Kier molecular flexibility index (Phi) is 28.6. The first-order valence-corrected chi connectivity index (χ1v) is 51.2. The molecule has 2 amide bonds. The number of carbonyl (C=O) groups is 2. The van der Waals surface area contributed by atoms with Gasteiger partial charge >= 0.3 is 20.2 Å². The van der Waals surface area contributed by atoms with Crippen molar-refractivity contribution in [1.29, 1.82) is 0 Å². The lowest BCUT2D eigenvalue weighted by molar-refractivity contribution is -0.119. The van der Waals surface area contributed by atoms with Gasteiger partial charge in [-0.25, -0.2) is 39.2 Å². The number of aliphatic hydroxyl groups is 3. The molecule has 10 fully saturated rings. The number of hydrogen-bond acceptors (Lipinski definition) is 39. The molecule has 0 saturated carbocycles. The molecule has 0 spiro atoms. The molecule has 6 aromatic rings. The number of hydrogen-bond donors (Lipinski definition) is 8. The van der Waals surface area contributed by atoms with Gasteiger partial charge in [0, 0.05) is 95.4 Å². The van der Waals surface area contributed by atoms with E-state index < -0.39 is 107 Å². The zero-order chi connectivity index (χ0) is 85.8. The van der Waals surface area contributed by atoms with Gasteiger partial charge < -0.3 is 131 Å². The molecule has 0 radical (unpaired) electrons. The number of nitrogens with zero attached hydrogens (tertiary/aromatic N) is 13. The maximum Gasteiger partial charge on any atom is 0.327 e. The van der Waals surface area contributed by atoms with E-state index in [1.165, 1.54) is 25.1 Å². The van der Waals surface area contributed by atoms with E-state index in [2.05, 4.69) is 60.3 Å². The summed E-state index contributed by atoms with van der Waals surface area (Å²) in [6.07, 6.45) is 4.52. The molecular weight excluding hydrogens is 1790 g/mol. The first-order valence-electron chi connectivity index (χ1n) is 37.9. The number of fused-ring (bicyclic) bond motifs is 8. The van der Waals surface area contributed by atoms with Gasteiger partial charge in [0.15, 0.2) is 35.6 Å². The number of ether oxygens (including phenoxy) is 5. The van der Waals surface area contributed by atoms with Crippen molar-refractivity contribution in [1.82, 2.24) is 73.4 Å². The summed E-state index contributed by atoms with van der Waals surface area (Å²) in [7, 11) is 2.92. The molecule has 18 heterocycles. The maximum absolute atomic E-state index is 11.6. The fourth-order valence-corrected chi connectivity index (χ4v) is 26.6. The highest BCUT2D eigenvalue weighted by molar-refractivity contribution is 8.09. The Balaban J connectivity index is 0.000000123. The van der Waals surface area contributed by atoms with Crippen molar-refractivity contribution in [3.8, 4) is 0 Å². The van der Waals surface area contributed by atoms with E-state index in [9.17, 15) is 24.9 Å². The lowest BCUT2D eigenvalue weighted by atomic mass is 10.1. The quantitative estimate of drug-likeness (QED) is 0.0370. The molecule has 52 heteroatoms. The fraction of sp³-hybridized carbons (Fsp3) is 0.559. The summed E-state index contributed by atoms with van der Waals surface area (Å²) in [4.78, 5) is 52.4. The molecule has 11 N–H and O–H groups in total. The molecule has 41 nitrogen and oxygen atoms in total. The van der Waals surface area contributed by atoms with Gasteiger partial charge in [-0.1, -0.05) is 46.9 Å². The SMILES string of the molecule is C=C1NC(=O)C(C)=CN1[C@H]1CC2OP(=S)(OC)OC[C@H]2O1.C=CCOP1(=S)OC[C@H]2O[C@@H](N3C=C(C)C(=O)NC3=C)CC2O1.CCN(CC)P1(=S)OC[C@H]2O[C@@H](n3c(Cl)nc4c(N)ccnc43)C(O)C2O1.CCN(CC)P1(=S)OC[C@H]2O[C@@H](n3cnc4c(N)ccnc43)C(O)C2O1.COP1(=S)OC[C@H]2O[C@@H](n3cnc4c(N)ccnc43)C(O)C2O1. The Morgan fingerprint density at radius 2 is 0.925 bits per heavy atom. The van der Waals surface area contributed by atoms with Crippen LogP contribution in [0.2, 0.25) is 5.28 Å². The van der Waals surface area contributed by atoms with Crippen LogP contribution in [-0.4, -0.2) is 262 Å². The molecule has 656 valence electrons. The number of imidazole rings is 3. The summed E-state index contributed by atoms with van der Waals surface area (Å²) < 4.78 is 112. The molecule has 18 rings (SSSR count). The van der Waals surface area contributed by atoms with Crippen LogP contribution < -0.4 is 27.8 Å². The van der Waals surface area contributed by atoms with E-state index in [1.54, 1.807) is 94.4 Å². The van der Waals surface area contributed by atoms with E-state index in [1.807, 2.05) is 37.0 Å². The van der Waals surface area contributed by atoms with Crippen molar-refractivity contribution in [2.75, 3.05) is 97.2 Å². The number of amides is 2. The second-order valence-corrected chi connectivity index (χ2v) is 44.5. The summed E-state index contributed by atoms with van der Waals surface area (Å²) in [6, 6.07) is 4.98. The summed E-state index contributed by atoms with van der Waals surface area (Å²) >= 11 is 33.4. The number of nitrogens with two attached hydrogens (primary N) is 3. The van der Waals surface area contributed by atoms with E-state index >= 15 is 0 Å². The zero-order valence-corrected chi connectivity index (χ0v) is 75.4. The highest BCUT2D eigenvalue weighted by atomic mass is 35.5. The predicted molar refractivity (Wildman–Crippen MR) is 454 cm³/mol. The van der Waals surface area contributed by atoms with Gasteiger partial charge in [0.1, 0.15) is 108 Å². The molecule has 10 saturated heterocycles. The van der Waals surface area contributed by atoms with Gasteiger partial charge in [0.05, 0.1) is 81.6 Å². The standard InChI is InChI=1S/C15H21ClN5O4PS.C15H22N5O4PS.C14H19N2O5PS.C12H15N4O5PS.C12H17N2O5PS/c1-3-20(4-2)26(27)23-7-9-12(25-26)11(22)14(24-9)21-13-10(19-15(21)16)8(17)5-6-18-13;1-3-19(4-2)25(26)22-7-10-13(24-25)12(21)15(23-10)20-8-18-11-9(16)5-6-17-14(11)20;1-4-5-18-22(23)19-8-12-11(21-22)6-13(20-12)16-7-9(2)14(17)15-10(16)3;1-18-22(23)19-4-7-10(21-22)9(17)12(20-7)16-5-15-8-6(13)2-3-14-11(8)16;1-7-5-14(8(2)13-12(7)15)11-4-9-10(18-11)6-17-20(21,16-3)19-9/h5-6,9,11-12,14,22H,3-4,7H2,1-2H3,(H2,17,18);5-6,8,10,12-13,15,21H,3-4,7H2,1-2H3,(H2,16,17);4,7,11-13H,1,3,5-6,8H2,2H3,(H,15,17);2-3,5,7,9-10,12,17H,4H2,1H3,(H2,13,14);5,9-11H,2,4,6H2,1,3H3,(H,13,15)/t9-,11?,12?,14-,26?;10-,12?,13?,15-,25?;11?,12-,13-,22?;7-,9?,10?,12-,22?;9?,10-,11-,20?/m11111/s1. The minimum absolute atomic E-state index is 0.127. The van der Waals surface area contributed by atoms with Crippen LogP contribution in [0.15, 0.2) is 110 Å². The third-order valence-corrected chi connectivity index (χ3v) is 35.6. The molecular formula is C68H94ClN18O23P5S5. The van der Waals surface area contributed by atoms with Crippen LogP contribution in [0.25, 0.3) is 33.5 Å². The average Bonchev–Trinajstić information content (AvgIpc) is 1.60. The fourth-order valence-electron chi connectivity index (χ4n) is 14.8. The highest BCUT2D eigenvalue weighted by Crippen LogP contribution is 2.62. The largest absolute Gasteiger partial charge is 0.397 e. The number of nitrogen functional groups attached to an aromatic ring is 3. The smallest absolute Gasteiger partial charge is 0.327 e. The molecule has 6 aromatic heterocycles. The summed E-state index contributed by atoms with van der Waals surface area (Å²) in [5.41, 5.74) is 23.5. The van der Waals surface area contributed by atoms with Crippen LogP contribution in [0, 0.1) is 0 Å². The molecule has 120 heavy (non-hydrogen) atoms.